The van der Waals surface area contributed by atoms with Gasteiger partial charge in [0.2, 0.25) is 11.6 Å². The van der Waals surface area contributed by atoms with E-state index in [2.05, 4.69) is 22.4 Å². The molecule has 2 heterocycles. The Morgan fingerprint density at radius 2 is 1.68 bits per heavy atom. The molecule has 1 amide bonds. The summed E-state index contributed by atoms with van der Waals surface area (Å²) in [5.41, 5.74) is 3.28. The molecule has 4 rings (SSSR count). The molecule has 0 atom stereocenters. The van der Waals surface area contributed by atoms with Gasteiger partial charge < -0.3 is 5.32 Å². The predicted molar refractivity (Wildman–Crippen MR) is 109 cm³/mol. The quantitative estimate of drug-likeness (QED) is 0.582. The van der Waals surface area contributed by atoms with Crippen LogP contribution in [0.3, 0.4) is 0 Å². The topological polar surface area (TPSA) is 81.3 Å². The largest absolute Gasteiger partial charge is 0.325 e. The highest BCUT2D eigenvalue weighted by Gasteiger charge is 2.17. The highest BCUT2D eigenvalue weighted by Crippen LogP contribution is 2.16. The van der Waals surface area contributed by atoms with Crippen molar-refractivity contribution in [2.45, 2.75) is 33.2 Å². The number of aromatic nitrogens is 4. The molecule has 142 valence electrons. The van der Waals surface area contributed by atoms with Crippen molar-refractivity contribution in [1.82, 2.24) is 19.2 Å². The van der Waals surface area contributed by atoms with Gasteiger partial charge in [-0.25, -0.2) is 0 Å². The van der Waals surface area contributed by atoms with E-state index in [1.165, 1.54) is 10.1 Å². The van der Waals surface area contributed by atoms with Gasteiger partial charge in [-0.1, -0.05) is 38.1 Å². The lowest BCUT2D eigenvalue weighted by Gasteiger charge is -2.12. The van der Waals surface area contributed by atoms with E-state index in [1.807, 2.05) is 55.5 Å². The van der Waals surface area contributed by atoms with Crippen LogP contribution in [0.5, 0.6) is 0 Å². The lowest BCUT2D eigenvalue weighted by Crippen LogP contribution is -2.29. The summed E-state index contributed by atoms with van der Waals surface area (Å²) < 4.78 is 3.23. The summed E-state index contributed by atoms with van der Waals surface area (Å²) in [6.45, 7) is 3.95. The zero-order valence-electron chi connectivity index (χ0n) is 15.8. The van der Waals surface area contributed by atoms with Gasteiger partial charge >= 0.3 is 0 Å². The van der Waals surface area contributed by atoms with Crippen LogP contribution in [0.2, 0.25) is 0 Å². The number of fused-ring (bicyclic) bond motifs is 3. The van der Waals surface area contributed by atoms with Crippen LogP contribution in [0.15, 0.2) is 53.3 Å². The zero-order valence-corrected chi connectivity index (χ0v) is 15.8. The molecule has 2 aromatic carbocycles. The molecule has 0 fully saturated rings. The monoisotopic (exact) mass is 375 g/mol. The zero-order chi connectivity index (χ0) is 19.7. The Morgan fingerprint density at radius 1 is 0.964 bits per heavy atom. The molecule has 0 aliphatic carbocycles. The Balaban J connectivity index is 1.74. The molecule has 1 N–H and O–H groups in total. The lowest BCUT2D eigenvalue weighted by atomic mass is 10.1. The molecule has 0 saturated heterocycles. The maximum atomic E-state index is 13.0. The second kappa shape index (κ2) is 7.26. The number of carbonyl (C=O) groups is 1. The number of benzene rings is 2. The third-order valence-corrected chi connectivity index (χ3v) is 4.84. The second-order valence-corrected chi connectivity index (χ2v) is 6.61. The molecule has 0 bridgehead atoms. The van der Waals surface area contributed by atoms with Crippen LogP contribution >= 0.6 is 0 Å². The maximum Gasteiger partial charge on any atom is 0.297 e. The summed E-state index contributed by atoms with van der Waals surface area (Å²) in [5.74, 6) is 0.451. The van der Waals surface area contributed by atoms with Gasteiger partial charge in [-0.05, 0) is 36.2 Å². The summed E-state index contributed by atoms with van der Waals surface area (Å²) in [5, 5.41) is 11.0. The fourth-order valence-electron chi connectivity index (χ4n) is 3.37. The van der Waals surface area contributed by atoms with E-state index in [-0.39, 0.29) is 23.7 Å². The van der Waals surface area contributed by atoms with Crippen molar-refractivity contribution in [1.29, 1.82) is 0 Å². The van der Waals surface area contributed by atoms with Gasteiger partial charge in [0.15, 0.2) is 0 Å². The molecule has 7 heteroatoms. The van der Waals surface area contributed by atoms with Gasteiger partial charge in [-0.2, -0.15) is 0 Å². The standard InChI is InChI=1S/C21H21N5O2/c1-3-14-9-11-15(12-10-14)22-19(27)13-25-16-7-5-6-8-17(16)26-18(4-2)23-24-20(26)21(25)28/h5-12H,3-4,13H2,1-2H3,(H,22,27). The maximum absolute atomic E-state index is 13.0. The third kappa shape index (κ3) is 3.05. The van der Waals surface area contributed by atoms with Gasteiger partial charge in [0.25, 0.3) is 5.56 Å². The lowest BCUT2D eigenvalue weighted by molar-refractivity contribution is -0.116. The van der Waals surface area contributed by atoms with Crippen molar-refractivity contribution in [3.05, 3.63) is 70.3 Å². The molecule has 0 aliphatic rings. The first-order valence-electron chi connectivity index (χ1n) is 9.36. The number of para-hydroxylation sites is 2. The second-order valence-electron chi connectivity index (χ2n) is 6.61. The summed E-state index contributed by atoms with van der Waals surface area (Å²) >= 11 is 0. The molecule has 4 aromatic rings. The predicted octanol–water partition coefficient (Wildman–Crippen LogP) is 2.81. The molecule has 0 spiro atoms. The third-order valence-electron chi connectivity index (χ3n) is 4.84. The molecule has 7 nitrogen and oxygen atoms in total. The van der Waals surface area contributed by atoms with Crippen molar-refractivity contribution >= 4 is 28.3 Å². The number of hydrogen-bond acceptors (Lipinski definition) is 4. The van der Waals surface area contributed by atoms with E-state index < -0.39 is 0 Å². The first-order valence-corrected chi connectivity index (χ1v) is 9.36. The van der Waals surface area contributed by atoms with E-state index in [1.54, 1.807) is 4.40 Å². The van der Waals surface area contributed by atoms with Gasteiger partial charge in [0.05, 0.1) is 11.0 Å². The molecular formula is C21H21N5O2. The molecule has 0 aliphatic heterocycles. The van der Waals surface area contributed by atoms with Gasteiger partial charge in [0.1, 0.15) is 12.4 Å². The fourth-order valence-corrected chi connectivity index (χ4v) is 3.37. The van der Waals surface area contributed by atoms with Crippen molar-refractivity contribution in [2.75, 3.05) is 5.32 Å². The molecule has 28 heavy (non-hydrogen) atoms. The van der Waals surface area contributed by atoms with Gasteiger partial charge in [0, 0.05) is 12.1 Å². The molecule has 0 saturated carbocycles. The van der Waals surface area contributed by atoms with E-state index in [4.69, 9.17) is 0 Å². The number of nitrogens with zero attached hydrogens (tertiary/aromatic N) is 4. The number of anilines is 1. The van der Waals surface area contributed by atoms with Crippen LogP contribution in [-0.2, 0) is 24.2 Å². The molecule has 2 aromatic heterocycles. The van der Waals surface area contributed by atoms with Gasteiger partial charge in [-0.15, -0.1) is 10.2 Å². The van der Waals surface area contributed by atoms with Crippen LogP contribution in [-0.4, -0.2) is 25.1 Å². The first-order chi connectivity index (χ1) is 13.6. The smallest absolute Gasteiger partial charge is 0.297 e. The normalized spacial score (nSPS) is 11.2. The van der Waals surface area contributed by atoms with Crippen LogP contribution in [0, 0.1) is 0 Å². The number of hydrogen-bond donors (Lipinski definition) is 1. The van der Waals surface area contributed by atoms with E-state index in [0.717, 1.165) is 17.8 Å². The summed E-state index contributed by atoms with van der Waals surface area (Å²) in [4.78, 5) is 25.6. The highest BCUT2D eigenvalue weighted by molar-refractivity contribution is 5.91. The van der Waals surface area contributed by atoms with Crippen molar-refractivity contribution in [2.24, 2.45) is 0 Å². The van der Waals surface area contributed by atoms with Crippen LogP contribution < -0.4 is 10.9 Å². The summed E-state index contributed by atoms with van der Waals surface area (Å²) in [6, 6.07) is 15.2. The number of rotatable bonds is 5. The van der Waals surface area contributed by atoms with E-state index in [9.17, 15) is 9.59 Å². The highest BCUT2D eigenvalue weighted by atomic mass is 16.2. The number of amides is 1. The number of nitrogens with one attached hydrogen (secondary N) is 1. The minimum Gasteiger partial charge on any atom is -0.325 e. The van der Waals surface area contributed by atoms with Crippen molar-refractivity contribution < 1.29 is 4.79 Å². The number of carbonyl (C=O) groups excluding carboxylic acids is 1. The first kappa shape index (κ1) is 17.9. The average Bonchev–Trinajstić information content (AvgIpc) is 3.16. The molecular weight excluding hydrogens is 354 g/mol. The number of aryl methyl sites for hydroxylation is 2. The Morgan fingerprint density at radius 3 is 2.36 bits per heavy atom. The van der Waals surface area contributed by atoms with E-state index in [0.29, 0.717) is 17.6 Å². The Labute approximate surface area is 161 Å². The Kier molecular flexibility index (Phi) is 4.65. The van der Waals surface area contributed by atoms with Gasteiger partial charge in [-0.3, -0.25) is 18.6 Å². The van der Waals surface area contributed by atoms with Crippen LogP contribution in [0.1, 0.15) is 25.2 Å². The van der Waals surface area contributed by atoms with Crippen LogP contribution in [0.25, 0.3) is 16.7 Å². The molecule has 0 radical (unpaired) electrons. The molecule has 0 unspecified atom stereocenters. The van der Waals surface area contributed by atoms with Crippen molar-refractivity contribution in [3.63, 3.8) is 0 Å². The minimum absolute atomic E-state index is 0.0975. The summed E-state index contributed by atoms with van der Waals surface area (Å²) in [6.07, 6.45) is 1.59. The van der Waals surface area contributed by atoms with Crippen molar-refractivity contribution in [3.8, 4) is 0 Å². The Bertz CT molecular complexity index is 1220. The SMILES string of the molecule is CCc1ccc(NC(=O)Cn2c(=O)c3nnc(CC)n3c3ccccc32)cc1. The van der Waals surface area contributed by atoms with Crippen LogP contribution in [0.4, 0.5) is 5.69 Å². The average molecular weight is 375 g/mol. The minimum atomic E-state index is -0.331. The van der Waals surface area contributed by atoms with E-state index >= 15 is 0 Å². The summed E-state index contributed by atoms with van der Waals surface area (Å²) in [7, 11) is 0. The Hall–Kier alpha value is -3.48. The fraction of sp³-hybridized carbons (Fsp3) is 0.238.